The van der Waals surface area contributed by atoms with Gasteiger partial charge in [0.2, 0.25) is 10.0 Å². The molecule has 0 aliphatic heterocycles. The summed E-state index contributed by atoms with van der Waals surface area (Å²) >= 11 is 3.34. The molecule has 0 amide bonds. The highest BCUT2D eigenvalue weighted by molar-refractivity contribution is 9.10. The molecule has 1 aliphatic rings. The molecule has 2 aromatic rings. The molecule has 1 aliphatic carbocycles. The van der Waals surface area contributed by atoms with Crippen molar-refractivity contribution < 1.29 is 8.42 Å². The molecule has 0 heterocycles. The number of nitrogens with one attached hydrogen (secondary N) is 1. The lowest BCUT2D eigenvalue weighted by Gasteiger charge is -2.17. The average Bonchev–Trinajstić information content (AvgIpc) is 3.27. The summed E-state index contributed by atoms with van der Waals surface area (Å²) in [5.41, 5.74) is 2.19. The van der Waals surface area contributed by atoms with E-state index in [2.05, 4.69) is 32.8 Å². The molecule has 1 N–H and O–H groups in total. The molecule has 3 rings (SSSR count). The lowest BCUT2D eigenvalue weighted by Crippen LogP contribution is -2.32. The van der Waals surface area contributed by atoms with Crippen molar-refractivity contribution in [1.82, 2.24) is 4.72 Å². The topological polar surface area (TPSA) is 46.2 Å². The maximum Gasteiger partial charge on any atom is 0.241 e. The fourth-order valence-corrected chi connectivity index (χ4v) is 4.96. The van der Waals surface area contributed by atoms with Crippen LogP contribution in [0.5, 0.6) is 0 Å². The molecule has 2 aromatic carbocycles. The van der Waals surface area contributed by atoms with E-state index in [1.165, 1.54) is 5.56 Å². The fourth-order valence-electron chi connectivity index (χ4n) is 2.64. The summed E-state index contributed by atoms with van der Waals surface area (Å²) in [6.07, 6.45) is 2.04. The number of benzene rings is 2. The Morgan fingerprint density at radius 3 is 2.41 bits per heavy atom. The predicted octanol–water partition coefficient (Wildman–Crippen LogP) is 3.77. The number of hydrogen-bond donors (Lipinski definition) is 1. The third kappa shape index (κ3) is 3.12. The van der Waals surface area contributed by atoms with Gasteiger partial charge in [-0.2, -0.15) is 0 Å². The van der Waals surface area contributed by atoms with Gasteiger partial charge in [-0.05, 0) is 59.0 Å². The first kappa shape index (κ1) is 15.7. The maximum atomic E-state index is 12.5. The van der Waals surface area contributed by atoms with Crippen molar-refractivity contribution in [2.45, 2.75) is 30.1 Å². The van der Waals surface area contributed by atoms with E-state index >= 15 is 0 Å². The minimum absolute atomic E-state index is 0.0362. The van der Waals surface area contributed by atoms with Gasteiger partial charge in [-0.15, -0.1) is 0 Å². The molecule has 0 atom stereocenters. The van der Waals surface area contributed by atoms with Crippen LogP contribution in [-0.2, 0) is 15.4 Å². The van der Waals surface area contributed by atoms with Crippen molar-refractivity contribution in [3.63, 3.8) is 0 Å². The van der Waals surface area contributed by atoms with Gasteiger partial charge in [0.15, 0.2) is 0 Å². The molecule has 0 saturated heterocycles. The number of sulfonamides is 1. The molecule has 0 radical (unpaired) electrons. The van der Waals surface area contributed by atoms with Crippen molar-refractivity contribution in [2.75, 3.05) is 6.54 Å². The van der Waals surface area contributed by atoms with Crippen LogP contribution >= 0.6 is 15.9 Å². The van der Waals surface area contributed by atoms with Gasteiger partial charge in [0.05, 0.1) is 4.90 Å². The highest BCUT2D eigenvalue weighted by atomic mass is 79.9. The molecule has 1 fully saturated rings. The average molecular weight is 380 g/mol. The van der Waals surface area contributed by atoms with E-state index < -0.39 is 10.0 Å². The Hall–Kier alpha value is -1.17. The Kier molecular flexibility index (Phi) is 4.14. The Balaban J connectivity index is 1.79. The first-order valence-electron chi connectivity index (χ1n) is 7.24. The molecule has 0 aromatic heterocycles. The maximum absolute atomic E-state index is 12.5. The van der Waals surface area contributed by atoms with Gasteiger partial charge < -0.3 is 0 Å². The first-order chi connectivity index (χ1) is 10.4. The van der Waals surface area contributed by atoms with Crippen LogP contribution in [0.25, 0.3) is 0 Å². The third-order valence-corrected chi connectivity index (χ3v) is 6.60. The van der Waals surface area contributed by atoms with Crippen molar-refractivity contribution in [1.29, 1.82) is 0 Å². The molecule has 116 valence electrons. The Morgan fingerprint density at radius 1 is 1.14 bits per heavy atom. The van der Waals surface area contributed by atoms with Gasteiger partial charge in [-0.25, -0.2) is 13.1 Å². The summed E-state index contributed by atoms with van der Waals surface area (Å²) in [6.45, 7) is 2.38. The standard InChI is InChI=1S/C17H18BrNO2S/c1-13-7-8-16(15(18)11-13)22(20,21)19-12-17(9-10-17)14-5-3-2-4-6-14/h2-8,11,19H,9-10,12H2,1H3. The van der Waals surface area contributed by atoms with Crippen LogP contribution in [-0.4, -0.2) is 15.0 Å². The molecule has 0 spiro atoms. The van der Waals surface area contributed by atoms with E-state index in [0.717, 1.165) is 18.4 Å². The van der Waals surface area contributed by atoms with Gasteiger partial charge in [0.25, 0.3) is 0 Å². The summed E-state index contributed by atoms with van der Waals surface area (Å²) in [6, 6.07) is 15.4. The van der Waals surface area contributed by atoms with Gasteiger partial charge in [0, 0.05) is 16.4 Å². The smallest absolute Gasteiger partial charge is 0.210 e. The van der Waals surface area contributed by atoms with Crippen LogP contribution in [0.15, 0.2) is 57.9 Å². The molecule has 0 bridgehead atoms. The zero-order valence-corrected chi connectivity index (χ0v) is 14.7. The molecule has 5 heteroatoms. The van der Waals surface area contributed by atoms with Crippen molar-refractivity contribution in [3.8, 4) is 0 Å². The van der Waals surface area contributed by atoms with Gasteiger partial charge in [-0.1, -0.05) is 36.4 Å². The highest BCUT2D eigenvalue weighted by Crippen LogP contribution is 2.47. The molecule has 22 heavy (non-hydrogen) atoms. The predicted molar refractivity (Wildman–Crippen MR) is 91.4 cm³/mol. The van der Waals surface area contributed by atoms with Crippen LogP contribution in [0.3, 0.4) is 0 Å². The zero-order valence-electron chi connectivity index (χ0n) is 12.3. The number of halogens is 1. The van der Waals surface area contributed by atoms with E-state index in [1.54, 1.807) is 6.07 Å². The van der Waals surface area contributed by atoms with Crippen molar-refractivity contribution in [3.05, 3.63) is 64.1 Å². The van der Waals surface area contributed by atoms with Crippen LogP contribution < -0.4 is 4.72 Å². The second-order valence-electron chi connectivity index (χ2n) is 5.90. The summed E-state index contributed by atoms with van der Waals surface area (Å²) in [4.78, 5) is 0.293. The minimum atomic E-state index is -3.51. The first-order valence-corrected chi connectivity index (χ1v) is 9.52. The molecule has 1 saturated carbocycles. The summed E-state index contributed by atoms with van der Waals surface area (Å²) in [5, 5.41) is 0. The number of rotatable bonds is 5. The SMILES string of the molecule is Cc1ccc(S(=O)(=O)NCC2(c3ccccc3)CC2)c(Br)c1. The minimum Gasteiger partial charge on any atom is -0.210 e. The van der Waals surface area contributed by atoms with E-state index in [-0.39, 0.29) is 5.41 Å². The molecule has 0 unspecified atom stereocenters. The number of aryl methyl sites for hydroxylation is 1. The van der Waals surface area contributed by atoms with Gasteiger partial charge >= 0.3 is 0 Å². The molecule has 3 nitrogen and oxygen atoms in total. The summed E-state index contributed by atoms with van der Waals surface area (Å²) in [5.74, 6) is 0. The van der Waals surface area contributed by atoms with Crippen molar-refractivity contribution >= 4 is 26.0 Å². The van der Waals surface area contributed by atoms with Gasteiger partial charge in [0.1, 0.15) is 0 Å². The fraction of sp³-hybridized carbons (Fsp3) is 0.294. The van der Waals surface area contributed by atoms with Crippen LogP contribution in [0, 0.1) is 6.92 Å². The zero-order chi connectivity index (χ0) is 15.8. The summed E-state index contributed by atoms with van der Waals surface area (Å²) < 4.78 is 28.4. The third-order valence-electron chi connectivity index (χ3n) is 4.22. The lowest BCUT2D eigenvalue weighted by molar-refractivity contribution is 0.566. The van der Waals surface area contributed by atoms with E-state index in [0.29, 0.717) is 15.9 Å². The van der Waals surface area contributed by atoms with E-state index in [1.807, 2.05) is 37.3 Å². The Bertz CT molecular complexity index is 784. The largest absolute Gasteiger partial charge is 0.241 e. The van der Waals surface area contributed by atoms with Crippen LogP contribution in [0.1, 0.15) is 24.0 Å². The summed E-state index contributed by atoms with van der Waals surface area (Å²) in [7, 11) is -3.51. The van der Waals surface area contributed by atoms with Gasteiger partial charge in [-0.3, -0.25) is 0 Å². The lowest BCUT2D eigenvalue weighted by atomic mass is 9.96. The monoisotopic (exact) mass is 379 g/mol. The van der Waals surface area contributed by atoms with Crippen molar-refractivity contribution in [2.24, 2.45) is 0 Å². The normalized spacial score (nSPS) is 16.5. The van der Waals surface area contributed by atoms with Crippen LogP contribution in [0.2, 0.25) is 0 Å². The van der Waals surface area contributed by atoms with E-state index in [9.17, 15) is 8.42 Å². The Morgan fingerprint density at radius 2 is 1.82 bits per heavy atom. The second kappa shape index (κ2) is 5.80. The van der Waals surface area contributed by atoms with E-state index in [4.69, 9.17) is 0 Å². The molecular weight excluding hydrogens is 362 g/mol. The quantitative estimate of drug-likeness (QED) is 0.859. The number of hydrogen-bond acceptors (Lipinski definition) is 2. The Labute approximate surface area is 139 Å². The molecular formula is C17H18BrNO2S. The van der Waals surface area contributed by atoms with Crippen LogP contribution in [0.4, 0.5) is 0 Å². The second-order valence-corrected chi connectivity index (χ2v) is 8.49. The highest BCUT2D eigenvalue weighted by Gasteiger charge is 2.44.